The SMILES string of the molecule is CCN(CC)c1ccc(Nc2ccc(C(=O)NCc3ccncc3)cn2)cc1. The summed E-state index contributed by atoms with van der Waals surface area (Å²) in [4.78, 5) is 22.9. The van der Waals surface area contributed by atoms with E-state index >= 15 is 0 Å². The Morgan fingerprint density at radius 1 is 0.964 bits per heavy atom. The lowest BCUT2D eigenvalue weighted by Crippen LogP contribution is -2.22. The van der Waals surface area contributed by atoms with Crippen molar-refractivity contribution in [3.8, 4) is 0 Å². The minimum absolute atomic E-state index is 0.153. The van der Waals surface area contributed by atoms with E-state index < -0.39 is 0 Å². The summed E-state index contributed by atoms with van der Waals surface area (Å²) < 4.78 is 0. The summed E-state index contributed by atoms with van der Waals surface area (Å²) in [6, 6.07) is 15.6. The molecule has 0 radical (unpaired) electrons. The second-order valence-electron chi connectivity index (χ2n) is 6.31. The van der Waals surface area contributed by atoms with Crippen LogP contribution in [0.5, 0.6) is 0 Å². The number of nitrogens with one attached hydrogen (secondary N) is 2. The number of pyridine rings is 2. The van der Waals surface area contributed by atoms with Gasteiger partial charge in [0.05, 0.1) is 5.56 Å². The first-order valence-electron chi connectivity index (χ1n) is 9.44. The first kappa shape index (κ1) is 19.4. The normalized spacial score (nSPS) is 10.4. The molecule has 0 saturated carbocycles. The van der Waals surface area contributed by atoms with Crippen molar-refractivity contribution >= 4 is 23.1 Å². The summed E-state index contributed by atoms with van der Waals surface area (Å²) in [7, 11) is 0. The molecule has 0 fully saturated rings. The number of hydrogen-bond acceptors (Lipinski definition) is 5. The van der Waals surface area contributed by atoms with E-state index in [0.717, 1.165) is 24.3 Å². The molecule has 6 nitrogen and oxygen atoms in total. The Hall–Kier alpha value is -3.41. The Kier molecular flexibility index (Phi) is 6.57. The average Bonchev–Trinajstić information content (AvgIpc) is 2.75. The van der Waals surface area contributed by atoms with Crippen LogP contribution in [0.25, 0.3) is 0 Å². The molecule has 0 atom stereocenters. The largest absolute Gasteiger partial charge is 0.372 e. The molecule has 28 heavy (non-hydrogen) atoms. The fourth-order valence-corrected chi connectivity index (χ4v) is 2.88. The summed E-state index contributed by atoms with van der Waals surface area (Å²) >= 11 is 0. The van der Waals surface area contributed by atoms with E-state index in [1.165, 1.54) is 5.69 Å². The van der Waals surface area contributed by atoms with Gasteiger partial charge in [-0.25, -0.2) is 4.98 Å². The number of nitrogens with zero attached hydrogens (tertiary/aromatic N) is 3. The maximum Gasteiger partial charge on any atom is 0.253 e. The number of rotatable bonds is 8. The molecule has 0 unspecified atom stereocenters. The zero-order chi connectivity index (χ0) is 19.8. The zero-order valence-electron chi connectivity index (χ0n) is 16.2. The summed E-state index contributed by atoms with van der Waals surface area (Å²) in [5.41, 5.74) is 3.68. The fourth-order valence-electron chi connectivity index (χ4n) is 2.88. The van der Waals surface area contributed by atoms with Gasteiger partial charge in [0.2, 0.25) is 0 Å². The van der Waals surface area contributed by atoms with Crippen LogP contribution >= 0.6 is 0 Å². The second-order valence-corrected chi connectivity index (χ2v) is 6.31. The van der Waals surface area contributed by atoms with Gasteiger partial charge in [-0.2, -0.15) is 0 Å². The molecule has 0 aliphatic heterocycles. The molecule has 1 amide bonds. The predicted molar refractivity (Wildman–Crippen MR) is 113 cm³/mol. The van der Waals surface area contributed by atoms with E-state index in [4.69, 9.17) is 0 Å². The van der Waals surface area contributed by atoms with Crippen LogP contribution in [0.15, 0.2) is 67.1 Å². The van der Waals surface area contributed by atoms with Crippen LogP contribution in [0.2, 0.25) is 0 Å². The molecule has 1 aromatic carbocycles. The summed E-state index contributed by atoms with van der Waals surface area (Å²) in [5, 5.41) is 6.14. The van der Waals surface area contributed by atoms with Crippen molar-refractivity contribution in [2.45, 2.75) is 20.4 Å². The van der Waals surface area contributed by atoms with Crippen LogP contribution < -0.4 is 15.5 Å². The van der Waals surface area contributed by atoms with E-state index in [-0.39, 0.29) is 5.91 Å². The fraction of sp³-hybridized carbons (Fsp3) is 0.227. The number of carbonyl (C=O) groups excluding carboxylic acids is 1. The maximum atomic E-state index is 12.3. The van der Waals surface area contributed by atoms with Crippen molar-refractivity contribution in [1.82, 2.24) is 15.3 Å². The molecule has 2 heterocycles. The van der Waals surface area contributed by atoms with Crippen LogP contribution in [0.4, 0.5) is 17.2 Å². The van der Waals surface area contributed by atoms with Crippen LogP contribution in [0, 0.1) is 0 Å². The second kappa shape index (κ2) is 9.50. The standard InChI is InChI=1S/C22H25N5O/c1-3-27(4-2)20-8-6-19(7-9-20)26-21-10-5-18(16-24-21)22(28)25-15-17-11-13-23-14-12-17/h5-14,16H,3-4,15H2,1-2H3,(H,24,26)(H,25,28). The first-order valence-corrected chi connectivity index (χ1v) is 9.44. The number of amides is 1. The molecule has 2 N–H and O–H groups in total. The van der Waals surface area contributed by atoms with E-state index in [1.807, 2.05) is 24.3 Å². The number of carbonyl (C=O) groups is 1. The highest BCUT2D eigenvalue weighted by molar-refractivity contribution is 5.94. The Bertz CT molecular complexity index is 875. The summed E-state index contributed by atoms with van der Waals surface area (Å²) in [6.07, 6.45) is 4.99. The van der Waals surface area contributed by atoms with Gasteiger partial charge in [-0.1, -0.05) is 0 Å². The van der Waals surface area contributed by atoms with E-state index in [9.17, 15) is 4.79 Å². The van der Waals surface area contributed by atoms with Crippen LogP contribution in [-0.2, 0) is 6.54 Å². The van der Waals surface area contributed by atoms with E-state index in [0.29, 0.717) is 17.9 Å². The lowest BCUT2D eigenvalue weighted by Gasteiger charge is -2.21. The Morgan fingerprint density at radius 2 is 1.68 bits per heavy atom. The molecule has 0 bridgehead atoms. The van der Waals surface area contributed by atoms with Gasteiger partial charge < -0.3 is 15.5 Å². The molecule has 0 aliphatic rings. The molecule has 3 rings (SSSR count). The Morgan fingerprint density at radius 3 is 2.29 bits per heavy atom. The minimum Gasteiger partial charge on any atom is -0.372 e. The van der Waals surface area contributed by atoms with E-state index in [2.05, 4.69) is 51.5 Å². The van der Waals surface area contributed by atoms with Gasteiger partial charge in [-0.3, -0.25) is 9.78 Å². The quantitative estimate of drug-likeness (QED) is 0.623. The smallest absolute Gasteiger partial charge is 0.253 e. The van der Waals surface area contributed by atoms with Gasteiger partial charge in [0.15, 0.2) is 0 Å². The molecular formula is C22H25N5O. The molecule has 0 spiro atoms. The molecule has 2 aromatic heterocycles. The predicted octanol–water partition coefficient (Wildman–Crippen LogP) is 4.00. The van der Waals surface area contributed by atoms with Crippen LogP contribution in [-0.4, -0.2) is 29.0 Å². The third-order valence-electron chi connectivity index (χ3n) is 4.50. The Balaban J connectivity index is 1.57. The highest BCUT2D eigenvalue weighted by Crippen LogP contribution is 2.20. The van der Waals surface area contributed by atoms with Crippen molar-refractivity contribution in [3.63, 3.8) is 0 Å². The maximum absolute atomic E-state index is 12.3. The summed E-state index contributed by atoms with van der Waals surface area (Å²) in [6.45, 7) is 6.72. The van der Waals surface area contributed by atoms with Gasteiger partial charge in [-0.05, 0) is 67.9 Å². The monoisotopic (exact) mass is 375 g/mol. The van der Waals surface area contributed by atoms with Crippen LogP contribution in [0.1, 0.15) is 29.8 Å². The van der Waals surface area contributed by atoms with Crippen molar-refractivity contribution < 1.29 is 4.79 Å². The minimum atomic E-state index is -0.153. The average molecular weight is 375 g/mol. The van der Waals surface area contributed by atoms with Gasteiger partial charge >= 0.3 is 0 Å². The van der Waals surface area contributed by atoms with E-state index in [1.54, 1.807) is 30.7 Å². The van der Waals surface area contributed by atoms with Crippen molar-refractivity contribution in [1.29, 1.82) is 0 Å². The molecule has 6 heteroatoms. The topological polar surface area (TPSA) is 70.2 Å². The molecule has 144 valence electrons. The lowest BCUT2D eigenvalue weighted by atomic mass is 10.2. The number of aromatic nitrogens is 2. The highest BCUT2D eigenvalue weighted by Gasteiger charge is 2.07. The van der Waals surface area contributed by atoms with Gasteiger partial charge in [0.1, 0.15) is 5.82 Å². The number of anilines is 3. The van der Waals surface area contributed by atoms with Crippen molar-refractivity contribution in [2.75, 3.05) is 23.3 Å². The van der Waals surface area contributed by atoms with Crippen molar-refractivity contribution in [2.24, 2.45) is 0 Å². The third kappa shape index (κ3) is 5.07. The van der Waals surface area contributed by atoms with Gasteiger partial charge in [0.25, 0.3) is 5.91 Å². The molecular weight excluding hydrogens is 350 g/mol. The molecule has 0 saturated heterocycles. The third-order valence-corrected chi connectivity index (χ3v) is 4.50. The zero-order valence-corrected chi connectivity index (χ0v) is 16.2. The molecule has 3 aromatic rings. The lowest BCUT2D eigenvalue weighted by molar-refractivity contribution is 0.0950. The van der Waals surface area contributed by atoms with Crippen molar-refractivity contribution in [3.05, 3.63) is 78.2 Å². The van der Waals surface area contributed by atoms with Gasteiger partial charge in [-0.15, -0.1) is 0 Å². The first-order chi connectivity index (χ1) is 13.7. The number of benzene rings is 1. The van der Waals surface area contributed by atoms with Crippen LogP contribution in [0.3, 0.4) is 0 Å². The highest BCUT2D eigenvalue weighted by atomic mass is 16.1. The summed E-state index contributed by atoms with van der Waals surface area (Å²) in [5.74, 6) is 0.542. The molecule has 0 aliphatic carbocycles. The Labute approximate surface area is 165 Å². The number of hydrogen-bond donors (Lipinski definition) is 2. The van der Waals surface area contributed by atoms with Gasteiger partial charge in [0, 0.05) is 49.6 Å².